The fraction of sp³-hybridized carbons (Fsp3) is 0.231. The zero-order valence-electron chi connectivity index (χ0n) is 9.07. The first-order valence-corrected chi connectivity index (χ1v) is 6.51. The van der Waals surface area contributed by atoms with Crippen molar-refractivity contribution in [2.75, 3.05) is 0 Å². The van der Waals surface area contributed by atoms with Gasteiger partial charge < -0.3 is 4.74 Å². The Bertz CT molecular complexity index is 451. The molecule has 0 atom stereocenters. The Hall–Kier alpha value is -0.990. The van der Waals surface area contributed by atoms with Crippen molar-refractivity contribution >= 4 is 22.9 Å². The third-order valence-corrected chi connectivity index (χ3v) is 3.45. The van der Waals surface area contributed by atoms with E-state index in [1.807, 2.05) is 18.2 Å². The van der Waals surface area contributed by atoms with Crippen LogP contribution in [0.1, 0.15) is 16.0 Å². The van der Waals surface area contributed by atoms with E-state index in [0.29, 0.717) is 12.5 Å². The lowest BCUT2D eigenvalue weighted by molar-refractivity contribution is 0.307. The highest BCUT2D eigenvalue weighted by atomic mass is 35.5. The van der Waals surface area contributed by atoms with Crippen molar-refractivity contribution in [3.63, 3.8) is 0 Å². The Kier molecular flexibility index (Phi) is 3.86. The van der Waals surface area contributed by atoms with Crippen LogP contribution in [-0.4, -0.2) is 0 Å². The molecule has 2 rings (SSSR count). The smallest absolute Gasteiger partial charge is 0.124 e. The van der Waals surface area contributed by atoms with Crippen LogP contribution in [0.4, 0.5) is 0 Å². The third kappa shape index (κ3) is 2.77. The molecule has 0 amide bonds. The molecule has 0 fully saturated rings. The second-order valence-corrected chi connectivity index (χ2v) is 4.91. The summed E-state index contributed by atoms with van der Waals surface area (Å²) in [6.07, 6.45) is 0. The van der Waals surface area contributed by atoms with E-state index in [9.17, 15) is 0 Å². The van der Waals surface area contributed by atoms with Gasteiger partial charge in [0, 0.05) is 10.4 Å². The minimum Gasteiger partial charge on any atom is -0.488 e. The summed E-state index contributed by atoms with van der Waals surface area (Å²) in [6, 6.07) is 10.2. The molecule has 0 aliphatic carbocycles. The average Bonchev–Trinajstić information content (AvgIpc) is 2.80. The second-order valence-electron chi connectivity index (χ2n) is 3.61. The molecule has 0 saturated carbocycles. The van der Waals surface area contributed by atoms with Crippen LogP contribution in [0.15, 0.2) is 35.7 Å². The van der Waals surface area contributed by atoms with Crippen LogP contribution in [0, 0.1) is 6.92 Å². The van der Waals surface area contributed by atoms with Gasteiger partial charge in [0.1, 0.15) is 12.4 Å². The van der Waals surface area contributed by atoms with E-state index in [0.717, 1.165) is 11.3 Å². The largest absolute Gasteiger partial charge is 0.488 e. The normalized spacial score (nSPS) is 10.4. The fourth-order valence-corrected chi connectivity index (χ4v) is 2.32. The first kappa shape index (κ1) is 11.5. The third-order valence-electron chi connectivity index (χ3n) is 2.31. The molecule has 84 valence electrons. The summed E-state index contributed by atoms with van der Waals surface area (Å²) in [7, 11) is 0. The van der Waals surface area contributed by atoms with E-state index < -0.39 is 0 Å². The topological polar surface area (TPSA) is 9.23 Å². The number of hydrogen-bond acceptors (Lipinski definition) is 2. The van der Waals surface area contributed by atoms with E-state index in [1.165, 1.54) is 10.4 Å². The highest BCUT2D eigenvalue weighted by Gasteiger charge is 2.03. The lowest BCUT2D eigenvalue weighted by atomic mass is 10.1. The van der Waals surface area contributed by atoms with Gasteiger partial charge >= 0.3 is 0 Å². The summed E-state index contributed by atoms with van der Waals surface area (Å²) in [4.78, 5) is 1.22. The summed E-state index contributed by atoms with van der Waals surface area (Å²) in [6.45, 7) is 2.67. The number of thiophene rings is 1. The summed E-state index contributed by atoms with van der Waals surface area (Å²) in [5.74, 6) is 1.37. The van der Waals surface area contributed by atoms with Crippen molar-refractivity contribution in [2.45, 2.75) is 19.4 Å². The highest BCUT2D eigenvalue weighted by Crippen LogP contribution is 2.23. The van der Waals surface area contributed by atoms with E-state index >= 15 is 0 Å². The maximum atomic E-state index is 5.89. The van der Waals surface area contributed by atoms with Gasteiger partial charge in [0.05, 0.1) is 5.88 Å². The first-order valence-electron chi connectivity index (χ1n) is 5.10. The Balaban J connectivity index is 2.09. The van der Waals surface area contributed by atoms with E-state index in [-0.39, 0.29) is 0 Å². The van der Waals surface area contributed by atoms with Gasteiger partial charge in [0.2, 0.25) is 0 Å². The predicted molar refractivity (Wildman–Crippen MR) is 69.4 cm³/mol. The van der Waals surface area contributed by atoms with Gasteiger partial charge in [0.25, 0.3) is 0 Å². The average molecular weight is 253 g/mol. The van der Waals surface area contributed by atoms with Gasteiger partial charge in [-0.05, 0) is 24.4 Å². The number of benzene rings is 1. The fourth-order valence-electron chi connectivity index (χ4n) is 1.50. The summed E-state index contributed by atoms with van der Waals surface area (Å²) >= 11 is 7.59. The van der Waals surface area contributed by atoms with Crippen LogP contribution in [0.25, 0.3) is 0 Å². The van der Waals surface area contributed by atoms with Crippen LogP contribution >= 0.6 is 22.9 Å². The van der Waals surface area contributed by atoms with Crippen molar-refractivity contribution in [1.82, 2.24) is 0 Å². The maximum Gasteiger partial charge on any atom is 0.124 e. The van der Waals surface area contributed by atoms with Gasteiger partial charge in [-0.3, -0.25) is 0 Å². The highest BCUT2D eigenvalue weighted by molar-refractivity contribution is 7.09. The van der Waals surface area contributed by atoms with Crippen molar-refractivity contribution < 1.29 is 4.74 Å². The van der Waals surface area contributed by atoms with Crippen LogP contribution < -0.4 is 4.74 Å². The number of ether oxygens (including phenoxy) is 1. The minimum atomic E-state index is 0.488. The number of rotatable bonds is 4. The van der Waals surface area contributed by atoms with Crippen LogP contribution in [0.5, 0.6) is 5.75 Å². The summed E-state index contributed by atoms with van der Waals surface area (Å²) in [5.41, 5.74) is 2.26. The van der Waals surface area contributed by atoms with Crippen molar-refractivity contribution in [3.8, 4) is 5.75 Å². The summed E-state index contributed by atoms with van der Waals surface area (Å²) in [5, 5.41) is 2.05. The predicted octanol–water partition coefficient (Wildman–Crippen LogP) is 4.37. The number of aryl methyl sites for hydroxylation is 1. The molecule has 2 aromatic rings. The monoisotopic (exact) mass is 252 g/mol. The molecule has 1 aromatic carbocycles. The lowest BCUT2D eigenvalue weighted by Gasteiger charge is -2.09. The molecule has 1 aromatic heterocycles. The van der Waals surface area contributed by atoms with Gasteiger partial charge in [-0.25, -0.2) is 0 Å². The number of hydrogen-bond donors (Lipinski definition) is 0. The standard InChI is InChI=1S/C13H13ClOS/c1-10-4-5-13(11(7-10)8-14)15-9-12-3-2-6-16-12/h2-7H,8-9H2,1H3. The lowest BCUT2D eigenvalue weighted by Crippen LogP contribution is -1.96. The molecule has 1 nitrogen and oxygen atoms in total. The maximum absolute atomic E-state index is 5.89. The number of alkyl halides is 1. The van der Waals surface area contributed by atoms with E-state index in [1.54, 1.807) is 11.3 Å². The minimum absolute atomic E-state index is 0.488. The molecular weight excluding hydrogens is 240 g/mol. The quantitative estimate of drug-likeness (QED) is 0.734. The zero-order valence-corrected chi connectivity index (χ0v) is 10.6. The molecule has 1 heterocycles. The van der Waals surface area contributed by atoms with Crippen molar-refractivity contribution in [3.05, 3.63) is 51.7 Å². The molecular formula is C13H13ClOS. The van der Waals surface area contributed by atoms with Crippen molar-refractivity contribution in [2.24, 2.45) is 0 Å². The SMILES string of the molecule is Cc1ccc(OCc2cccs2)c(CCl)c1. The Labute approximate surface area is 105 Å². The molecule has 0 N–H and O–H groups in total. The first-order chi connectivity index (χ1) is 7.79. The van der Waals surface area contributed by atoms with Crippen LogP contribution in [-0.2, 0) is 12.5 Å². The Morgan fingerprint density at radius 1 is 1.31 bits per heavy atom. The molecule has 0 unspecified atom stereocenters. The molecule has 0 aliphatic rings. The summed E-state index contributed by atoms with van der Waals surface area (Å²) < 4.78 is 5.75. The Morgan fingerprint density at radius 3 is 2.88 bits per heavy atom. The molecule has 3 heteroatoms. The van der Waals surface area contributed by atoms with Gasteiger partial charge in [-0.2, -0.15) is 0 Å². The molecule has 0 radical (unpaired) electrons. The van der Waals surface area contributed by atoms with Crippen LogP contribution in [0.2, 0.25) is 0 Å². The molecule has 16 heavy (non-hydrogen) atoms. The van der Waals surface area contributed by atoms with Gasteiger partial charge in [0.15, 0.2) is 0 Å². The van der Waals surface area contributed by atoms with Gasteiger partial charge in [-0.15, -0.1) is 22.9 Å². The molecule has 0 bridgehead atoms. The molecule has 0 saturated heterocycles. The van der Waals surface area contributed by atoms with Crippen LogP contribution in [0.3, 0.4) is 0 Å². The van der Waals surface area contributed by atoms with E-state index in [2.05, 4.69) is 24.4 Å². The molecule has 0 spiro atoms. The second kappa shape index (κ2) is 5.37. The number of halogens is 1. The Morgan fingerprint density at radius 2 is 2.19 bits per heavy atom. The molecule has 0 aliphatic heterocycles. The van der Waals surface area contributed by atoms with Crippen molar-refractivity contribution in [1.29, 1.82) is 0 Å². The zero-order chi connectivity index (χ0) is 11.4. The van der Waals surface area contributed by atoms with Gasteiger partial charge in [-0.1, -0.05) is 23.8 Å². The van der Waals surface area contributed by atoms with E-state index in [4.69, 9.17) is 16.3 Å².